The maximum atomic E-state index is 12.3. The molecule has 0 unspecified atom stereocenters. The van der Waals surface area contributed by atoms with Crippen LogP contribution in [0.2, 0.25) is 0 Å². The highest BCUT2D eigenvalue weighted by Gasteiger charge is 2.30. The molecule has 0 N–H and O–H groups in total. The number of nitrogens with zero attached hydrogens (tertiary/aromatic N) is 5. The quantitative estimate of drug-likeness (QED) is 0.628. The second-order valence-electron chi connectivity index (χ2n) is 3.58. The molecule has 19 heavy (non-hydrogen) atoms. The van der Waals surface area contributed by atoms with Crippen molar-refractivity contribution in [3.05, 3.63) is 34.4 Å². The van der Waals surface area contributed by atoms with Crippen LogP contribution in [-0.4, -0.2) is 31.3 Å². The third-order valence-electron chi connectivity index (χ3n) is 2.20. The molecule has 0 amide bonds. The summed E-state index contributed by atoms with van der Waals surface area (Å²) in [5.74, 6) is -0.104. The van der Waals surface area contributed by atoms with Gasteiger partial charge in [0.15, 0.2) is 5.82 Å². The van der Waals surface area contributed by atoms with E-state index in [1.165, 1.54) is 24.3 Å². The van der Waals surface area contributed by atoms with Crippen molar-refractivity contribution >= 4 is 5.69 Å². The number of rotatable bonds is 3. The molecule has 1 aromatic carbocycles. The Balaban J connectivity index is 2.32. The fraction of sp³-hybridized carbons (Fsp3) is 0.222. The van der Waals surface area contributed by atoms with Gasteiger partial charge in [0.25, 0.3) is 5.69 Å². The van der Waals surface area contributed by atoms with Crippen molar-refractivity contribution in [2.45, 2.75) is 12.7 Å². The van der Waals surface area contributed by atoms with Gasteiger partial charge < -0.3 is 0 Å². The van der Waals surface area contributed by atoms with Crippen molar-refractivity contribution < 1.29 is 18.1 Å². The Labute approximate surface area is 103 Å². The molecule has 0 radical (unpaired) electrons. The molecular formula is C9H6F3N5O2. The van der Waals surface area contributed by atoms with Gasteiger partial charge in [0, 0.05) is 17.7 Å². The minimum atomic E-state index is -4.45. The van der Waals surface area contributed by atoms with Crippen molar-refractivity contribution in [2.75, 3.05) is 0 Å². The number of aromatic nitrogens is 4. The molecule has 2 rings (SSSR count). The number of nitro groups is 1. The molecule has 0 saturated carbocycles. The second kappa shape index (κ2) is 4.63. The van der Waals surface area contributed by atoms with Crippen molar-refractivity contribution in [3.8, 4) is 11.4 Å². The number of alkyl halides is 3. The monoisotopic (exact) mass is 273 g/mol. The predicted octanol–water partition coefficient (Wildman–Crippen LogP) is 1.81. The summed E-state index contributed by atoms with van der Waals surface area (Å²) in [5, 5.41) is 20.3. The summed E-state index contributed by atoms with van der Waals surface area (Å²) in [6, 6.07) is 4.91. The maximum absolute atomic E-state index is 12.3. The summed E-state index contributed by atoms with van der Waals surface area (Å²) in [6.07, 6.45) is -4.45. The van der Waals surface area contributed by atoms with Gasteiger partial charge in [0.1, 0.15) is 6.54 Å². The van der Waals surface area contributed by atoms with E-state index in [0.29, 0.717) is 4.68 Å². The Hall–Kier alpha value is -2.52. The molecule has 1 aromatic heterocycles. The number of non-ortho nitro benzene ring substituents is 1. The molecule has 0 atom stereocenters. The topological polar surface area (TPSA) is 86.7 Å². The van der Waals surface area contributed by atoms with Crippen LogP contribution in [0.3, 0.4) is 0 Å². The first kappa shape index (κ1) is 12.9. The Morgan fingerprint density at radius 1 is 1.26 bits per heavy atom. The van der Waals surface area contributed by atoms with Crippen LogP contribution in [-0.2, 0) is 6.54 Å². The van der Waals surface area contributed by atoms with Gasteiger partial charge in [-0.1, -0.05) is 0 Å². The van der Waals surface area contributed by atoms with E-state index in [9.17, 15) is 23.3 Å². The molecule has 0 fully saturated rings. The van der Waals surface area contributed by atoms with Crippen LogP contribution in [0, 0.1) is 10.1 Å². The summed E-state index contributed by atoms with van der Waals surface area (Å²) in [7, 11) is 0. The molecule has 0 aliphatic heterocycles. The van der Waals surface area contributed by atoms with E-state index < -0.39 is 17.6 Å². The Morgan fingerprint density at radius 3 is 2.42 bits per heavy atom. The average Bonchev–Trinajstić information content (AvgIpc) is 2.75. The summed E-state index contributed by atoms with van der Waals surface area (Å²) in [4.78, 5) is 9.86. The van der Waals surface area contributed by atoms with Crippen LogP contribution in [0.1, 0.15) is 0 Å². The Bertz CT molecular complexity index is 593. The SMILES string of the molecule is O=[N+]([O-])c1ccc(-c2nnnn2CC(F)(F)F)cc1. The van der Waals surface area contributed by atoms with E-state index in [1.807, 2.05) is 0 Å². The number of benzene rings is 1. The lowest BCUT2D eigenvalue weighted by Gasteiger charge is -2.07. The van der Waals surface area contributed by atoms with Gasteiger partial charge in [-0.15, -0.1) is 5.10 Å². The lowest BCUT2D eigenvalue weighted by Crippen LogP contribution is -2.19. The molecule has 0 aliphatic carbocycles. The zero-order chi connectivity index (χ0) is 14.0. The number of nitro benzene ring substituents is 1. The van der Waals surface area contributed by atoms with Crippen molar-refractivity contribution in [3.63, 3.8) is 0 Å². The van der Waals surface area contributed by atoms with Crippen molar-refractivity contribution in [1.82, 2.24) is 20.2 Å². The summed E-state index contributed by atoms with van der Waals surface area (Å²) in [5.41, 5.74) is 0.0958. The first-order valence-electron chi connectivity index (χ1n) is 4.94. The smallest absolute Gasteiger partial charge is 0.258 e. The third-order valence-corrected chi connectivity index (χ3v) is 2.20. The van der Waals surface area contributed by atoms with Crippen LogP contribution in [0.5, 0.6) is 0 Å². The minimum Gasteiger partial charge on any atom is -0.258 e. The molecule has 10 heteroatoms. The standard InChI is InChI=1S/C9H6F3N5O2/c10-9(11,12)5-16-8(13-14-15-16)6-1-3-7(4-2-6)17(18)19/h1-4H,5H2. The Kier molecular flexibility index (Phi) is 3.15. The minimum absolute atomic E-state index is 0.104. The average molecular weight is 273 g/mol. The zero-order valence-electron chi connectivity index (χ0n) is 9.20. The predicted molar refractivity (Wildman–Crippen MR) is 56.0 cm³/mol. The highest BCUT2D eigenvalue weighted by atomic mass is 19.4. The van der Waals surface area contributed by atoms with Gasteiger partial charge in [-0.05, 0) is 22.6 Å². The lowest BCUT2D eigenvalue weighted by molar-refractivity contribution is -0.384. The second-order valence-corrected chi connectivity index (χ2v) is 3.58. The summed E-state index contributed by atoms with van der Waals surface area (Å²) in [6.45, 7) is -1.33. The maximum Gasteiger partial charge on any atom is 0.408 e. The normalized spacial score (nSPS) is 11.5. The van der Waals surface area contributed by atoms with Crippen LogP contribution >= 0.6 is 0 Å². The van der Waals surface area contributed by atoms with Crippen molar-refractivity contribution in [1.29, 1.82) is 0 Å². The zero-order valence-corrected chi connectivity index (χ0v) is 9.20. The summed E-state index contributed by atoms with van der Waals surface area (Å²) >= 11 is 0. The van der Waals surface area contributed by atoms with Gasteiger partial charge in [0.2, 0.25) is 0 Å². The fourth-order valence-electron chi connectivity index (χ4n) is 1.42. The van der Waals surface area contributed by atoms with E-state index >= 15 is 0 Å². The van der Waals surface area contributed by atoms with Gasteiger partial charge in [0.05, 0.1) is 4.92 Å². The molecule has 0 spiro atoms. The third kappa shape index (κ3) is 3.03. The largest absolute Gasteiger partial charge is 0.408 e. The highest BCUT2D eigenvalue weighted by molar-refractivity contribution is 5.56. The van der Waals surface area contributed by atoms with Gasteiger partial charge in [-0.3, -0.25) is 10.1 Å². The molecule has 0 saturated heterocycles. The van der Waals surface area contributed by atoms with E-state index in [0.717, 1.165) is 0 Å². The number of tetrazole rings is 1. The highest BCUT2D eigenvalue weighted by Crippen LogP contribution is 2.23. The van der Waals surface area contributed by atoms with E-state index in [1.54, 1.807) is 0 Å². The fourth-order valence-corrected chi connectivity index (χ4v) is 1.42. The molecule has 0 aliphatic rings. The molecule has 7 nitrogen and oxygen atoms in total. The van der Waals surface area contributed by atoms with Crippen LogP contribution in [0.25, 0.3) is 11.4 Å². The molecule has 2 aromatic rings. The first-order valence-corrected chi connectivity index (χ1v) is 4.94. The van der Waals surface area contributed by atoms with E-state index in [2.05, 4.69) is 15.5 Å². The van der Waals surface area contributed by atoms with E-state index in [-0.39, 0.29) is 17.1 Å². The van der Waals surface area contributed by atoms with Gasteiger partial charge >= 0.3 is 6.18 Å². The van der Waals surface area contributed by atoms with Crippen molar-refractivity contribution in [2.24, 2.45) is 0 Å². The van der Waals surface area contributed by atoms with Gasteiger partial charge in [-0.25, -0.2) is 4.68 Å². The molecular weight excluding hydrogens is 267 g/mol. The number of hydrogen-bond donors (Lipinski definition) is 0. The number of hydrogen-bond acceptors (Lipinski definition) is 5. The van der Waals surface area contributed by atoms with Crippen LogP contribution in [0.4, 0.5) is 18.9 Å². The summed E-state index contributed by atoms with van der Waals surface area (Å²) < 4.78 is 37.4. The first-order chi connectivity index (χ1) is 8.87. The molecule has 0 bridgehead atoms. The molecule has 100 valence electrons. The lowest BCUT2D eigenvalue weighted by atomic mass is 10.2. The number of halogens is 3. The van der Waals surface area contributed by atoms with Crippen LogP contribution in [0.15, 0.2) is 24.3 Å². The van der Waals surface area contributed by atoms with Crippen LogP contribution < -0.4 is 0 Å². The molecule has 1 heterocycles. The Morgan fingerprint density at radius 2 is 1.89 bits per heavy atom. The van der Waals surface area contributed by atoms with Gasteiger partial charge in [-0.2, -0.15) is 13.2 Å². The van der Waals surface area contributed by atoms with E-state index in [4.69, 9.17) is 0 Å².